The van der Waals surface area contributed by atoms with Crippen LogP contribution >= 0.6 is 0 Å². The summed E-state index contributed by atoms with van der Waals surface area (Å²) < 4.78 is 30.3. The molecular weight excluding hydrogens is 312 g/mol. The molecule has 0 spiro atoms. The van der Waals surface area contributed by atoms with Gasteiger partial charge < -0.3 is 0 Å². The Morgan fingerprint density at radius 2 is 1.83 bits per heavy atom. The van der Waals surface area contributed by atoms with Gasteiger partial charge in [-0.05, 0) is 39.8 Å². The number of aromatic nitrogens is 2. The van der Waals surface area contributed by atoms with Gasteiger partial charge in [-0.3, -0.25) is 0 Å². The Kier molecular flexibility index (Phi) is 5.23. The van der Waals surface area contributed by atoms with Gasteiger partial charge in [-0.25, -0.2) is 4.68 Å². The van der Waals surface area contributed by atoms with Crippen LogP contribution in [0.4, 0.5) is 0 Å². The molecule has 0 radical (unpaired) electrons. The first-order valence-corrected chi connectivity index (χ1v) is 9.01. The molecule has 7 heteroatoms. The Morgan fingerprint density at radius 3 is 2.39 bits per heavy atom. The number of para-hydroxylation sites is 1. The summed E-state index contributed by atoms with van der Waals surface area (Å²) in [5, 5.41) is 4.53. The summed E-state index contributed by atoms with van der Waals surface area (Å²) in [7, 11) is -1.93. The second-order valence-corrected chi connectivity index (χ2v) is 7.65. The summed E-state index contributed by atoms with van der Waals surface area (Å²) in [5.41, 5.74) is 3.61. The molecule has 126 valence electrons. The highest BCUT2D eigenvalue weighted by molar-refractivity contribution is 7.87. The van der Waals surface area contributed by atoms with Gasteiger partial charge in [0.2, 0.25) is 0 Å². The molecule has 2 aromatic rings. The zero-order valence-corrected chi connectivity index (χ0v) is 15.1. The van der Waals surface area contributed by atoms with Crippen molar-refractivity contribution in [2.45, 2.75) is 40.3 Å². The first kappa shape index (κ1) is 17.7. The monoisotopic (exact) mass is 336 g/mol. The van der Waals surface area contributed by atoms with Crippen LogP contribution < -0.4 is 4.72 Å². The smallest absolute Gasteiger partial charge is 0.238 e. The van der Waals surface area contributed by atoms with E-state index in [1.54, 1.807) is 7.05 Å². The largest absolute Gasteiger partial charge is 0.279 e. The quantitative estimate of drug-likeness (QED) is 0.879. The summed E-state index contributed by atoms with van der Waals surface area (Å²) in [6, 6.07) is 9.70. The van der Waals surface area contributed by atoms with E-state index in [0.29, 0.717) is 0 Å². The Hall–Kier alpha value is -1.70. The summed E-state index contributed by atoms with van der Waals surface area (Å²) in [4.78, 5) is 0. The molecule has 0 aliphatic carbocycles. The van der Waals surface area contributed by atoms with Crippen molar-refractivity contribution in [3.8, 4) is 5.69 Å². The lowest BCUT2D eigenvalue weighted by molar-refractivity contribution is 0.402. The zero-order valence-electron chi connectivity index (χ0n) is 14.2. The van der Waals surface area contributed by atoms with Crippen molar-refractivity contribution in [2.75, 3.05) is 7.05 Å². The number of benzene rings is 1. The fraction of sp³-hybridized carbons (Fsp3) is 0.438. The van der Waals surface area contributed by atoms with Gasteiger partial charge in [0.05, 0.1) is 11.4 Å². The Morgan fingerprint density at radius 1 is 1.22 bits per heavy atom. The maximum Gasteiger partial charge on any atom is 0.279 e. The summed E-state index contributed by atoms with van der Waals surface area (Å²) in [6.45, 7) is 7.74. The lowest BCUT2D eigenvalue weighted by Gasteiger charge is -2.21. The Labute approximate surface area is 138 Å². The third kappa shape index (κ3) is 3.80. The van der Waals surface area contributed by atoms with Crippen LogP contribution in [0.3, 0.4) is 0 Å². The normalized spacial score (nSPS) is 12.3. The van der Waals surface area contributed by atoms with E-state index < -0.39 is 10.2 Å². The molecule has 6 nitrogen and oxygen atoms in total. The highest BCUT2D eigenvalue weighted by atomic mass is 32.2. The van der Waals surface area contributed by atoms with E-state index in [1.165, 1.54) is 4.31 Å². The van der Waals surface area contributed by atoms with Gasteiger partial charge in [-0.2, -0.15) is 22.5 Å². The average Bonchev–Trinajstić information content (AvgIpc) is 2.80. The molecule has 0 aliphatic rings. The number of rotatable bonds is 6. The van der Waals surface area contributed by atoms with Crippen LogP contribution in [-0.2, 0) is 16.8 Å². The molecule has 1 N–H and O–H groups in total. The van der Waals surface area contributed by atoms with Crippen LogP contribution in [0.15, 0.2) is 30.3 Å². The van der Waals surface area contributed by atoms with Crippen molar-refractivity contribution >= 4 is 10.2 Å². The molecule has 0 atom stereocenters. The molecule has 0 saturated heterocycles. The molecule has 2 rings (SSSR count). The molecule has 0 unspecified atom stereocenters. The van der Waals surface area contributed by atoms with Crippen LogP contribution in [0.25, 0.3) is 5.69 Å². The minimum Gasteiger partial charge on any atom is -0.238 e. The standard InChI is InChI=1S/C16H24N4O2S/c1-12(2)19(5)23(21,22)17-11-16-13(3)18-20(14(16)4)15-9-7-6-8-10-15/h6-10,12,17H,11H2,1-5H3. The molecule has 0 aliphatic heterocycles. The topological polar surface area (TPSA) is 67.2 Å². The van der Waals surface area contributed by atoms with Gasteiger partial charge in [0, 0.05) is 30.9 Å². The first-order valence-electron chi connectivity index (χ1n) is 7.57. The van der Waals surface area contributed by atoms with Crippen LogP contribution in [0.2, 0.25) is 0 Å². The van der Waals surface area contributed by atoms with E-state index >= 15 is 0 Å². The highest BCUT2D eigenvalue weighted by Crippen LogP contribution is 2.18. The molecule has 1 aromatic carbocycles. The molecule has 1 aromatic heterocycles. The molecule has 0 amide bonds. The minimum absolute atomic E-state index is 0.0956. The first-order chi connectivity index (χ1) is 10.7. The minimum atomic E-state index is -3.50. The van der Waals surface area contributed by atoms with Crippen molar-refractivity contribution in [3.05, 3.63) is 47.3 Å². The molecule has 0 bridgehead atoms. The highest BCUT2D eigenvalue weighted by Gasteiger charge is 2.21. The Bertz CT molecular complexity index is 767. The second kappa shape index (κ2) is 6.82. The van der Waals surface area contributed by atoms with E-state index in [9.17, 15) is 8.42 Å². The summed E-state index contributed by atoms with van der Waals surface area (Å²) in [5.74, 6) is 0. The van der Waals surface area contributed by atoms with Crippen molar-refractivity contribution in [3.63, 3.8) is 0 Å². The van der Waals surface area contributed by atoms with Crippen molar-refractivity contribution in [1.82, 2.24) is 18.8 Å². The van der Waals surface area contributed by atoms with Gasteiger partial charge in [0.15, 0.2) is 0 Å². The fourth-order valence-corrected chi connectivity index (χ4v) is 3.38. The fourth-order valence-electron chi connectivity index (χ4n) is 2.29. The van der Waals surface area contributed by atoms with E-state index in [-0.39, 0.29) is 12.6 Å². The molecular formula is C16H24N4O2S. The predicted molar refractivity (Wildman–Crippen MR) is 91.7 cm³/mol. The summed E-state index contributed by atoms with van der Waals surface area (Å²) >= 11 is 0. The van der Waals surface area contributed by atoms with Gasteiger partial charge >= 0.3 is 0 Å². The second-order valence-electron chi connectivity index (χ2n) is 5.83. The SMILES string of the molecule is Cc1nn(-c2ccccc2)c(C)c1CNS(=O)(=O)N(C)C(C)C. The van der Waals surface area contributed by atoms with Gasteiger partial charge in [-0.15, -0.1) is 0 Å². The van der Waals surface area contributed by atoms with Crippen LogP contribution in [0, 0.1) is 13.8 Å². The van der Waals surface area contributed by atoms with Crippen LogP contribution in [0.1, 0.15) is 30.8 Å². The third-order valence-corrected chi connectivity index (χ3v) is 5.67. The number of nitrogens with one attached hydrogen (secondary N) is 1. The maximum absolute atomic E-state index is 12.2. The average molecular weight is 336 g/mol. The van der Waals surface area contributed by atoms with Crippen molar-refractivity contribution in [2.24, 2.45) is 0 Å². The van der Waals surface area contributed by atoms with E-state index in [1.807, 2.05) is 62.7 Å². The molecule has 1 heterocycles. The molecule has 0 fully saturated rings. The number of hydrogen-bond acceptors (Lipinski definition) is 3. The van der Waals surface area contributed by atoms with Gasteiger partial charge in [-0.1, -0.05) is 18.2 Å². The van der Waals surface area contributed by atoms with E-state index in [4.69, 9.17) is 0 Å². The molecule has 0 saturated carbocycles. The van der Waals surface area contributed by atoms with Crippen molar-refractivity contribution < 1.29 is 8.42 Å². The van der Waals surface area contributed by atoms with Gasteiger partial charge in [0.1, 0.15) is 0 Å². The van der Waals surface area contributed by atoms with Crippen LogP contribution in [-0.4, -0.2) is 35.6 Å². The lowest BCUT2D eigenvalue weighted by Crippen LogP contribution is -2.41. The van der Waals surface area contributed by atoms with E-state index in [2.05, 4.69) is 9.82 Å². The predicted octanol–water partition coefficient (Wildman–Crippen LogP) is 2.16. The lowest BCUT2D eigenvalue weighted by atomic mass is 10.2. The third-order valence-electron chi connectivity index (χ3n) is 3.98. The van der Waals surface area contributed by atoms with Crippen molar-refractivity contribution in [1.29, 1.82) is 0 Å². The van der Waals surface area contributed by atoms with E-state index in [0.717, 1.165) is 22.6 Å². The summed E-state index contributed by atoms with van der Waals surface area (Å²) in [6.07, 6.45) is 0. The maximum atomic E-state index is 12.2. The zero-order chi connectivity index (χ0) is 17.2. The molecule has 23 heavy (non-hydrogen) atoms. The Balaban J connectivity index is 2.24. The van der Waals surface area contributed by atoms with Crippen LogP contribution in [0.5, 0.6) is 0 Å². The number of aryl methyl sites for hydroxylation is 1. The number of hydrogen-bond donors (Lipinski definition) is 1. The van der Waals surface area contributed by atoms with Gasteiger partial charge in [0.25, 0.3) is 10.2 Å². The number of nitrogens with zero attached hydrogens (tertiary/aromatic N) is 3.